The van der Waals surface area contributed by atoms with Crippen LogP contribution in [-0.4, -0.2) is 23.3 Å². The van der Waals surface area contributed by atoms with Crippen molar-refractivity contribution in [3.8, 4) is 28.6 Å². The Morgan fingerprint density at radius 3 is 2.26 bits per heavy atom. The van der Waals surface area contributed by atoms with E-state index >= 15 is 0 Å². The maximum Gasteiger partial charge on any atom is 0.573 e. The summed E-state index contributed by atoms with van der Waals surface area (Å²) >= 11 is 5.24. The highest BCUT2D eigenvalue weighted by Gasteiger charge is 2.35. The first-order valence-electron chi connectivity index (χ1n) is 11.4. The van der Waals surface area contributed by atoms with Crippen molar-refractivity contribution in [1.82, 2.24) is 5.32 Å². The van der Waals surface area contributed by atoms with Gasteiger partial charge in [-0.25, -0.2) is 0 Å². The third kappa shape index (κ3) is 5.99. The molecule has 1 aromatic heterocycles. The molecular weight excluding hydrogens is 533 g/mol. The molecule has 0 atom stereocenters. The molecule has 196 valence electrons. The third-order valence-corrected chi connectivity index (χ3v) is 5.73. The molecule has 1 fully saturated rings. The van der Waals surface area contributed by atoms with E-state index in [-0.39, 0.29) is 22.2 Å². The van der Waals surface area contributed by atoms with Gasteiger partial charge >= 0.3 is 6.36 Å². The van der Waals surface area contributed by atoms with Crippen molar-refractivity contribution in [1.29, 1.82) is 0 Å². The van der Waals surface area contributed by atoms with Gasteiger partial charge in [-0.2, -0.15) is 0 Å². The molecule has 3 aromatic carbocycles. The SMILES string of the molecule is O=C1NC(=S)N(c2ccc(Oc3ccccc3)cc2)C(=O)C1=Cc1ccc(-c2cccc(OC(F)(F)F)c2)o1. The Labute approximate surface area is 225 Å². The number of nitrogens with zero attached hydrogens (tertiary/aromatic N) is 1. The molecule has 0 bridgehead atoms. The van der Waals surface area contributed by atoms with Gasteiger partial charge in [-0.05, 0) is 79.0 Å². The molecule has 2 heterocycles. The highest BCUT2D eigenvalue weighted by Crippen LogP contribution is 2.31. The van der Waals surface area contributed by atoms with Crippen LogP contribution >= 0.6 is 12.2 Å². The van der Waals surface area contributed by atoms with Crippen LogP contribution in [0.2, 0.25) is 0 Å². The van der Waals surface area contributed by atoms with E-state index in [1.165, 1.54) is 30.3 Å². The summed E-state index contributed by atoms with van der Waals surface area (Å²) < 4.78 is 53.1. The number of hydrogen-bond donors (Lipinski definition) is 1. The second-order valence-electron chi connectivity index (χ2n) is 8.14. The lowest BCUT2D eigenvalue weighted by Gasteiger charge is -2.28. The van der Waals surface area contributed by atoms with Crippen LogP contribution < -0.4 is 19.7 Å². The maximum absolute atomic E-state index is 13.3. The van der Waals surface area contributed by atoms with E-state index < -0.39 is 23.9 Å². The zero-order chi connectivity index (χ0) is 27.6. The Morgan fingerprint density at radius 2 is 1.54 bits per heavy atom. The fraction of sp³-hybridized carbons (Fsp3) is 0.0357. The molecule has 0 aliphatic carbocycles. The molecule has 5 rings (SSSR count). The summed E-state index contributed by atoms with van der Waals surface area (Å²) in [6.07, 6.45) is -3.60. The minimum Gasteiger partial charge on any atom is -0.457 e. The lowest BCUT2D eigenvalue weighted by atomic mass is 10.1. The van der Waals surface area contributed by atoms with Crippen molar-refractivity contribution >= 4 is 40.9 Å². The number of hydrogen-bond acceptors (Lipinski definition) is 6. The Hall–Kier alpha value is -4.90. The summed E-state index contributed by atoms with van der Waals surface area (Å²) in [4.78, 5) is 27.1. The summed E-state index contributed by atoms with van der Waals surface area (Å²) in [7, 11) is 0. The van der Waals surface area contributed by atoms with Crippen LogP contribution in [-0.2, 0) is 9.59 Å². The smallest absolute Gasteiger partial charge is 0.457 e. The van der Waals surface area contributed by atoms with Crippen LogP contribution in [0, 0.1) is 0 Å². The molecule has 1 saturated heterocycles. The number of carbonyl (C=O) groups is 2. The minimum absolute atomic E-state index is 0.0968. The second-order valence-corrected chi connectivity index (χ2v) is 8.53. The minimum atomic E-state index is -4.84. The van der Waals surface area contributed by atoms with E-state index in [1.807, 2.05) is 18.2 Å². The van der Waals surface area contributed by atoms with Gasteiger partial charge in [0.05, 0.1) is 5.69 Å². The molecule has 0 unspecified atom stereocenters. The number of benzene rings is 3. The second kappa shape index (κ2) is 10.5. The molecule has 1 aliphatic heterocycles. The Kier molecular flexibility index (Phi) is 6.90. The third-order valence-electron chi connectivity index (χ3n) is 5.44. The molecule has 0 saturated carbocycles. The summed E-state index contributed by atoms with van der Waals surface area (Å²) in [6, 6.07) is 23.9. The molecule has 11 heteroatoms. The van der Waals surface area contributed by atoms with E-state index in [4.69, 9.17) is 21.4 Å². The van der Waals surface area contributed by atoms with Crippen molar-refractivity contribution in [3.63, 3.8) is 0 Å². The first-order valence-corrected chi connectivity index (χ1v) is 11.8. The monoisotopic (exact) mass is 550 g/mol. The maximum atomic E-state index is 13.3. The van der Waals surface area contributed by atoms with Gasteiger partial charge in [0, 0.05) is 5.56 Å². The Morgan fingerprint density at radius 1 is 0.846 bits per heavy atom. The zero-order valence-corrected chi connectivity index (χ0v) is 20.6. The lowest BCUT2D eigenvalue weighted by molar-refractivity contribution is -0.274. The van der Waals surface area contributed by atoms with Gasteiger partial charge in [-0.3, -0.25) is 19.8 Å². The van der Waals surface area contributed by atoms with Gasteiger partial charge in [-0.15, -0.1) is 13.2 Å². The number of nitrogens with one attached hydrogen (secondary N) is 1. The molecule has 1 aliphatic rings. The van der Waals surface area contributed by atoms with Crippen LogP contribution in [0.5, 0.6) is 17.2 Å². The van der Waals surface area contributed by atoms with Gasteiger partial charge in [0.2, 0.25) is 0 Å². The van der Waals surface area contributed by atoms with Crippen molar-refractivity contribution in [3.05, 3.63) is 102 Å². The molecule has 2 amide bonds. The zero-order valence-electron chi connectivity index (χ0n) is 19.8. The fourth-order valence-electron chi connectivity index (χ4n) is 3.75. The normalized spacial score (nSPS) is 14.9. The Bertz CT molecular complexity index is 1580. The molecule has 39 heavy (non-hydrogen) atoms. The van der Waals surface area contributed by atoms with E-state index in [0.29, 0.717) is 22.7 Å². The van der Waals surface area contributed by atoms with Crippen molar-refractivity contribution in [2.45, 2.75) is 6.36 Å². The fourth-order valence-corrected chi connectivity index (χ4v) is 4.04. The van der Waals surface area contributed by atoms with E-state index in [0.717, 1.165) is 17.0 Å². The average Bonchev–Trinajstić information content (AvgIpc) is 3.36. The van der Waals surface area contributed by atoms with Crippen LogP contribution in [0.4, 0.5) is 18.9 Å². The number of furan rings is 1. The molecule has 0 spiro atoms. The number of carbonyl (C=O) groups excluding carboxylic acids is 2. The van der Waals surface area contributed by atoms with Gasteiger partial charge in [0.25, 0.3) is 11.8 Å². The lowest BCUT2D eigenvalue weighted by Crippen LogP contribution is -2.54. The van der Waals surface area contributed by atoms with Gasteiger partial charge in [0.15, 0.2) is 5.11 Å². The average molecular weight is 551 g/mol. The van der Waals surface area contributed by atoms with Crippen LogP contribution in [0.15, 0.2) is 101 Å². The van der Waals surface area contributed by atoms with E-state index in [1.54, 1.807) is 36.4 Å². The molecule has 0 radical (unpaired) electrons. The molecule has 7 nitrogen and oxygen atoms in total. The number of anilines is 1. The number of para-hydroxylation sites is 1. The molecular formula is C28H17F3N2O5S. The standard InChI is InChI=1S/C28H17F3N2O5S/c29-28(30,31)38-22-8-4-5-17(15-22)24-14-13-21(37-24)16-23-25(34)32-27(39)33(26(23)35)18-9-11-20(12-10-18)36-19-6-2-1-3-7-19/h1-16H,(H,32,34,39). The quantitative estimate of drug-likeness (QED) is 0.168. The number of halogens is 3. The van der Waals surface area contributed by atoms with Gasteiger partial charge in [0.1, 0.15) is 34.3 Å². The van der Waals surface area contributed by atoms with Crippen molar-refractivity contribution < 1.29 is 36.7 Å². The highest BCUT2D eigenvalue weighted by atomic mass is 32.1. The largest absolute Gasteiger partial charge is 0.573 e. The van der Waals surface area contributed by atoms with Crippen LogP contribution in [0.25, 0.3) is 17.4 Å². The topological polar surface area (TPSA) is 81.0 Å². The number of amides is 2. The molecule has 4 aromatic rings. The van der Waals surface area contributed by atoms with Crippen molar-refractivity contribution in [2.24, 2.45) is 0 Å². The first-order chi connectivity index (χ1) is 18.7. The first kappa shape index (κ1) is 25.7. The summed E-state index contributed by atoms with van der Waals surface area (Å²) in [6.45, 7) is 0. The highest BCUT2D eigenvalue weighted by molar-refractivity contribution is 7.80. The number of ether oxygens (including phenoxy) is 2. The van der Waals surface area contributed by atoms with Crippen LogP contribution in [0.1, 0.15) is 5.76 Å². The van der Waals surface area contributed by atoms with E-state index in [2.05, 4.69) is 10.1 Å². The number of thiocarbonyl (C=S) groups is 1. The summed E-state index contributed by atoms with van der Waals surface area (Å²) in [5.74, 6) is -0.299. The van der Waals surface area contributed by atoms with Crippen molar-refractivity contribution in [2.75, 3.05) is 4.90 Å². The van der Waals surface area contributed by atoms with Gasteiger partial charge in [-0.1, -0.05) is 30.3 Å². The van der Waals surface area contributed by atoms with Gasteiger partial charge < -0.3 is 13.9 Å². The number of rotatable bonds is 6. The number of alkyl halides is 3. The summed E-state index contributed by atoms with van der Waals surface area (Å²) in [5, 5.41) is 2.39. The van der Waals surface area contributed by atoms with E-state index in [9.17, 15) is 22.8 Å². The predicted octanol–water partition coefficient (Wildman–Crippen LogP) is 6.47. The molecule has 1 N–H and O–H groups in total. The summed E-state index contributed by atoms with van der Waals surface area (Å²) in [5.41, 5.74) is 0.461. The predicted molar refractivity (Wildman–Crippen MR) is 140 cm³/mol. The Balaban J connectivity index is 1.36. The van der Waals surface area contributed by atoms with Crippen LogP contribution in [0.3, 0.4) is 0 Å².